The van der Waals surface area contributed by atoms with Gasteiger partial charge in [0.1, 0.15) is 5.75 Å². The van der Waals surface area contributed by atoms with E-state index < -0.39 is 15.9 Å². The highest BCUT2D eigenvalue weighted by molar-refractivity contribution is 9.10. The number of benzene rings is 2. The Morgan fingerprint density at radius 2 is 1.92 bits per heavy atom. The van der Waals surface area contributed by atoms with E-state index in [2.05, 4.69) is 21.2 Å². The number of amides is 1. The summed E-state index contributed by atoms with van der Waals surface area (Å²) in [4.78, 5) is 12.4. The smallest absolute Gasteiger partial charge is 0.243 e. The number of carbonyl (C=O) groups is 1. The van der Waals surface area contributed by atoms with Crippen LogP contribution in [-0.2, 0) is 14.8 Å². The first-order valence-corrected chi connectivity index (χ1v) is 10.1. The van der Waals surface area contributed by atoms with Crippen molar-refractivity contribution in [2.75, 3.05) is 26.0 Å². The highest BCUT2D eigenvalue weighted by Gasteiger charge is 2.24. The first-order chi connectivity index (χ1) is 12.2. The zero-order chi connectivity index (χ0) is 19.5. The van der Waals surface area contributed by atoms with E-state index in [-0.39, 0.29) is 11.4 Å². The summed E-state index contributed by atoms with van der Waals surface area (Å²) in [6.45, 7) is 3.56. The summed E-state index contributed by atoms with van der Waals surface area (Å²) in [7, 11) is -0.936. The molecule has 0 aliphatic carbocycles. The molecule has 0 aliphatic heterocycles. The van der Waals surface area contributed by atoms with E-state index in [9.17, 15) is 13.2 Å². The molecule has 0 aliphatic rings. The molecule has 0 radical (unpaired) electrons. The Labute approximate surface area is 162 Å². The lowest BCUT2D eigenvalue weighted by atomic mass is 10.1. The van der Waals surface area contributed by atoms with Gasteiger partial charge in [-0.1, -0.05) is 12.1 Å². The van der Waals surface area contributed by atoms with Crippen molar-refractivity contribution in [1.82, 2.24) is 4.31 Å². The number of anilines is 1. The third-order valence-electron chi connectivity index (χ3n) is 4.08. The lowest BCUT2D eigenvalue weighted by Gasteiger charge is -2.18. The maximum Gasteiger partial charge on any atom is 0.243 e. The van der Waals surface area contributed by atoms with Gasteiger partial charge in [0.25, 0.3) is 0 Å². The van der Waals surface area contributed by atoms with Crippen molar-refractivity contribution in [3.05, 3.63) is 52.0 Å². The van der Waals surface area contributed by atoms with E-state index in [1.54, 1.807) is 12.1 Å². The number of ether oxygens (including phenoxy) is 1. The lowest BCUT2D eigenvalue weighted by molar-refractivity contribution is -0.116. The summed E-state index contributed by atoms with van der Waals surface area (Å²) in [5.74, 6) is 0.122. The average molecular weight is 441 g/mol. The molecular weight excluding hydrogens is 420 g/mol. The first-order valence-electron chi connectivity index (χ1n) is 7.82. The molecule has 26 heavy (non-hydrogen) atoms. The van der Waals surface area contributed by atoms with Crippen LogP contribution in [0.1, 0.15) is 11.1 Å². The summed E-state index contributed by atoms with van der Waals surface area (Å²) in [6.07, 6.45) is 0. The number of halogens is 1. The Morgan fingerprint density at radius 1 is 1.23 bits per heavy atom. The highest BCUT2D eigenvalue weighted by atomic mass is 79.9. The molecule has 2 aromatic rings. The highest BCUT2D eigenvalue weighted by Crippen LogP contribution is 2.28. The zero-order valence-electron chi connectivity index (χ0n) is 15.0. The van der Waals surface area contributed by atoms with E-state index in [0.29, 0.717) is 15.9 Å². The summed E-state index contributed by atoms with van der Waals surface area (Å²) in [5.41, 5.74) is 2.67. The Morgan fingerprint density at radius 3 is 2.54 bits per heavy atom. The Bertz CT molecular complexity index is 929. The van der Waals surface area contributed by atoms with Crippen molar-refractivity contribution in [2.24, 2.45) is 0 Å². The quantitative estimate of drug-likeness (QED) is 0.746. The lowest BCUT2D eigenvalue weighted by Crippen LogP contribution is -2.35. The van der Waals surface area contributed by atoms with Crippen LogP contribution < -0.4 is 10.1 Å². The normalized spacial score (nSPS) is 11.5. The summed E-state index contributed by atoms with van der Waals surface area (Å²) in [5, 5.41) is 2.76. The summed E-state index contributed by atoms with van der Waals surface area (Å²) >= 11 is 3.27. The van der Waals surface area contributed by atoms with Crippen LogP contribution in [0.3, 0.4) is 0 Å². The number of carbonyl (C=O) groups excluding carboxylic acids is 1. The van der Waals surface area contributed by atoms with E-state index in [0.717, 1.165) is 15.4 Å². The number of nitrogens with one attached hydrogen (secondary N) is 1. The molecule has 2 rings (SSSR count). The van der Waals surface area contributed by atoms with Gasteiger partial charge in [-0.3, -0.25) is 4.79 Å². The molecule has 140 valence electrons. The standard InChI is InChI=1S/C18H21BrN2O4S/c1-12-6-5-7-16(13(12)2)20-18(22)11-21(3)26(23,24)14-8-9-17(25-4)15(19)10-14/h5-10H,11H2,1-4H3,(H,20,22). The second-order valence-electron chi connectivity index (χ2n) is 5.85. The van der Waals surface area contributed by atoms with Crippen molar-refractivity contribution in [1.29, 1.82) is 0 Å². The number of sulfonamides is 1. The number of methoxy groups -OCH3 is 1. The minimum absolute atomic E-state index is 0.0761. The molecule has 6 nitrogen and oxygen atoms in total. The fourth-order valence-corrected chi connectivity index (χ4v) is 4.20. The van der Waals surface area contributed by atoms with Crippen molar-refractivity contribution >= 4 is 37.5 Å². The number of nitrogens with zero attached hydrogens (tertiary/aromatic N) is 1. The van der Waals surface area contributed by atoms with Crippen molar-refractivity contribution in [3.63, 3.8) is 0 Å². The Balaban J connectivity index is 2.14. The zero-order valence-corrected chi connectivity index (χ0v) is 17.4. The van der Waals surface area contributed by atoms with Gasteiger partial charge in [-0.15, -0.1) is 0 Å². The van der Waals surface area contributed by atoms with E-state index in [4.69, 9.17) is 4.74 Å². The van der Waals surface area contributed by atoms with Gasteiger partial charge in [0.15, 0.2) is 0 Å². The molecule has 1 amide bonds. The molecule has 8 heteroatoms. The monoisotopic (exact) mass is 440 g/mol. The average Bonchev–Trinajstić information content (AvgIpc) is 2.58. The predicted octanol–water partition coefficient (Wildman–Crippen LogP) is 3.33. The number of hydrogen-bond donors (Lipinski definition) is 1. The van der Waals surface area contributed by atoms with Crippen LogP contribution in [0.2, 0.25) is 0 Å². The maximum atomic E-state index is 12.7. The second-order valence-corrected chi connectivity index (χ2v) is 8.75. The molecule has 0 aromatic heterocycles. The number of hydrogen-bond acceptors (Lipinski definition) is 4. The molecule has 0 atom stereocenters. The van der Waals surface area contributed by atoms with Gasteiger partial charge in [-0.05, 0) is 65.2 Å². The molecule has 2 aromatic carbocycles. The largest absolute Gasteiger partial charge is 0.496 e. The summed E-state index contributed by atoms with van der Waals surface area (Å²) < 4.78 is 32.0. The van der Waals surface area contributed by atoms with Gasteiger partial charge in [0.05, 0.1) is 23.0 Å². The third kappa shape index (κ3) is 4.44. The van der Waals surface area contributed by atoms with Crippen LogP contribution in [-0.4, -0.2) is 39.3 Å². The van der Waals surface area contributed by atoms with Gasteiger partial charge in [0, 0.05) is 12.7 Å². The van der Waals surface area contributed by atoms with E-state index in [1.807, 2.05) is 26.0 Å². The number of likely N-dealkylation sites (N-methyl/N-ethyl adjacent to an activating group) is 1. The molecular formula is C18H21BrN2O4S. The van der Waals surface area contributed by atoms with Gasteiger partial charge < -0.3 is 10.1 Å². The Kier molecular flexibility index (Phi) is 6.44. The Hall–Kier alpha value is -1.90. The molecule has 0 spiro atoms. The number of rotatable bonds is 6. The van der Waals surface area contributed by atoms with Gasteiger partial charge in [-0.2, -0.15) is 4.31 Å². The fraction of sp³-hybridized carbons (Fsp3) is 0.278. The van der Waals surface area contributed by atoms with Crippen LogP contribution in [0.5, 0.6) is 5.75 Å². The predicted molar refractivity (Wildman–Crippen MR) is 105 cm³/mol. The molecule has 0 saturated carbocycles. The number of aryl methyl sites for hydroxylation is 1. The molecule has 0 saturated heterocycles. The minimum Gasteiger partial charge on any atom is -0.496 e. The molecule has 0 bridgehead atoms. The molecule has 0 fully saturated rings. The van der Waals surface area contributed by atoms with Crippen LogP contribution in [0.4, 0.5) is 5.69 Å². The SMILES string of the molecule is COc1ccc(S(=O)(=O)N(C)CC(=O)Nc2cccc(C)c2C)cc1Br. The minimum atomic E-state index is -3.81. The topological polar surface area (TPSA) is 75.7 Å². The van der Waals surface area contributed by atoms with Crippen molar-refractivity contribution in [2.45, 2.75) is 18.7 Å². The fourth-order valence-electron chi connectivity index (χ4n) is 2.35. The van der Waals surface area contributed by atoms with Crippen LogP contribution in [0.15, 0.2) is 45.8 Å². The summed E-state index contributed by atoms with van der Waals surface area (Å²) in [6, 6.07) is 10.0. The first kappa shape index (κ1) is 20.4. The van der Waals surface area contributed by atoms with Crippen LogP contribution in [0.25, 0.3) is 0 Å². The second kappa shape index (κ2) is 8.20. The van der Waals surface area contributed by atoms with Crippen LogP contribution >= 0.6 is 15.9 Å². The maximum absolute atomic E-state index is 12.7. The van der Waals surface area contributed by atoms with E-state index >= 15 is 0 Å². The van der Waals surface area contributed by atoms with Gasteiger partial charge in [-0.25, -0.2) is 8.42 Å². The van der Waals surface area contributed by atoms with E-state index in [1.165, 1.54) is 26.3 Å². The van der Waals surface area contributed by atoms with Gasteiger partial charge >= 0.3 is 0 Å². The van der Waals surface area contributed by atoms with Gasteiger partial charge in [0.2, 0.25) is 15.9 Å². The van der Waals surface area contributed by atoms with Crippen molar-refractivity contribution in [3.8, 4) is 5.75 Å². The van der Waals surface area contributed by atoms with Crippen molar-refractivity contribution < 1.29 is 17.9 Å². The molecule has 1 N–H and O–H groups in total. The third-order valence-corrected chi connectivity index (χ3v) is 6.50. The van der Waals surface area contributed by atoms with Crippen LogP contribution in [0, 0.1) is 13.8 Å². The molecule has 0 unspecified atom stereocenters. The molecule has 0 heterocycles.